The largest absolute Gasteiger partial charge is 0.325 e. The molecule has 1 saturated carbocycles. The number of hydrazine groups is 1. The van der Waals surface area contributed by atoms with E-state index < -0.39 is 0 Å². The predicted molar refractivity (Wildman–Crippen MR) is 88.4 cm³/mol. The van der Waals surface area contributed by atoms with Gasteiger partial charge in [-0.25, -0.2) is 10.4 Å². The summed E-state index contributed by atoms with van der Waals surface area (Å²) < 4.78 is 0. The van der Waals surface area contributed by atoms with Crippen LogP contribution in [0.15, 0.2) is 29.8 Å². The Balaban J connectivity index is 1.42. The van der Waals surface area contributed by atoms with E-state index in [1.807, 2.05) is 19.1 Å². The first-order valence-corrected chi connectivity index (χ1v) is 8.45. The van der Waals surface area contributed by atoms with Gasteiger partial charge in [0.2, 0.25) is 0 Å². The number of carbonyl (C=O) groups excluding carboxylic acids is 1. The number of pyridine rings is 1. The van der Waals surface area contributed by atoms with Gasteiger partial charge in [0.05, 0.1) is 12.6 Å². The lowest BCUT2D eigenvalue weighted by Gasteiger charge is -2.43. The highest BCUT2D eigenvalue weighted by Gasteiger charge is 2.48. The summed E-state index contributed by atoms with van der Waals surface area (Å²) in [6.45, 7) is 4.88. The number of nitrogens with one attached hydrogen (secondary N) is 1. The summed E-state index contributed by atoms with van der Waals surface area (Å²) in [6.07, 6.45) is 5.53. The van der Waals surface area contributed by atoms with Crippen molar-refractivity contribution in [1.82, 2.24) is 15.4 Å². The van der Waals surface area contributed by atoms with E-state index in [9.17, 15) is 4.79 Å². The van der Waals surface area contributed by atoms with Gasteiger partial charge < -0.3 is 5.73 Å². The molecule has 0 radical (unpaired) electrons. The minimum Gasteiger partial charge on any atom is -0.325 e. The SMILES string of the molecule is Cc1cccc(C(=O)N2CC(C3CC4(N)CC3=CC(C)C4)N2)n1. The minimum atomic E-state index is -0.0456. The zero-order valence-electron chi connectivity index (χ0n) is 13.7. The van der Waals surface area contributed by atoms with Gasteiger partial charge in [-0.1, -0.05) is 24.6 Å². The van der Waals surface area contributed by atoms with Gasteiger partial charge in [-0.2, -0.15) is 0 Å². The third-order valence-corrected chi connectivity index (χ3v) is 5.43. The van der Waals surface area contributed by atoms with Crippen LogP contribution in [0.25, 0.3) is 0 Å². The molecule has 4 rings (SSSR count). The summed E-state index contributed by atoms with van der Waals surface area (Å²) in [5.74, 6) is 0.998. The highest BCUT2D eigenvalue weighted by Crippen LogP contribution is 2.47. The second-order valence-electron chi connectivity index (χ2n) is 7.59. The number of aryl methyl sites for hydroxylation is 1. The molecular formula is C18H24N4O. The molecule has 4 atom stereocenters. The first kappa shape index (κ1) is 14.8. The van der Waals surface area contributed by atoms with Crippen molar-refractivity contribution < 1.29 is 4.79 Å². The highest BCUT2D eigenvalue weighted by atomic mass is 16.2. The van der Waals surface area contributed by atoms with Gasteiger partial charge in [-0.3, -0.25) is 9.80 Å². The molecule has 3 aliphatic rings. The fourth-order valence-electron chi connectivity index (χ4n) is 4.52. The molecule has 1 aliphatic heterocycles. The maximum Gasteiger partial charge on any atom is 0.286 e. The molecule has 1 saturated heterocycles. The fraction of sp³-hybridized carbons (Fsp3) is 0.556. The molecule has 122 valence electrons. The highest BCUT2D eigenvalue weighted by molar-refractivity contribution is 5.92. The fourth-order valence-corrected chi connectivity index (χ4v) is 4.52. The van der Waals surface area contributed by atoms with Crippen LogP contribution >= 0.6 is 0 Å². The number of nitrogens with two attached hydrogens (primary N) is 1. The minimum absolute atomic E-state index is 0.0294. The number of rotatable bonds is 2. The van der Waals surface area contributed by atoms with Crippen molar-refractivity contribution in [2.75, 3.05) is 6.54 Å². The van der Waals surface area contributed by atoms with Crippen molar-refractivity contribution >= 4 is 5.91 Å². The number of carbonyl (C=O) groups is 1. The lowest BCUT2D eigenvalue weighted by atomic mass is 9.83. The third kappa shape index (κ3) is 2.58. The molecule has 2 bridgehead atoms. The van der Waals surface area contributed by atoms with E-state index in [1.165, 1.54) is 5.57 Å². The summed E-state index contributed by atoms with van der Waals surface area (Å²) in [4.78, 5) is 16.8. The third-order valence-electron chi connectivity index (χ3n) is 5.43. The number of hydrogen-bond donors (Lipinski definition) is 2. The van der Waals surface area contributed by atoms with Crippen molar-refractivity contribution in [3.63, 3.8) is 0 Å². The maximum atomic E-state index is 12.4. The van der Waals surface area contributed by atoms with Crippen LogP contribution < -0.4 is 11.2 Å². The van der Waals surface area contributed by atoms with E-state index in [4.69, 9.17) is 5.73 Å². The zero-order valence-corrected chi connectivity index (χ0v) is 13.7. The van der Waals surface area contributed by atoms with Crippen LogP contribution in [0.3, 0.4) is 0 Å². The van der Waals surface area contributed by atoms with E-state index in [-0.39, 0.29) is 11.4 Å². The summed E-state index contributed by atoms with van der Waals surface area (Å²) >= 11 is 0. The molecule has 3 N–H and O–H groups in total. The molecule has 23 heavy (non-hydrogen) atoms. The first-order valence-electron chi connectivity index (χ1n) is 8.45. The second kappa shape index (κ2) is 5.14. The average Bonchev–Trinajstić information content (AvgIpc) is 2.66. The molecule has 1 amide bonds. The molecular weight excluding hydrogens is 288 g/mol. The molecule has 2 aliphatic carbocycles. The number of hydrogen-bond acceptors (Lipinski definition) is 4. The van der Waals surface area contributed by atoms with Crippen LogP contribution in [0.2, 0.25) is 0 Å². The van der Waals surface area contributed by atoms with E-state index in [2.05, 4.69) is 23.4 Å². The average molecular weight is 312 g/mol. The van der Waals surface area contributed by atoms with Crippen LogP contribution in [-0.4, -0.2) is 34.0 Å². The normalized spacial score (nSPS) is 35.7. The van der Waals surface area contributed by atoms with E-state index in [1.54, 1.807) is 11.1 Å². The van der Waals surface area contributed by atoms with Gasteiger partial charge in [-0.05, 0) is 44.2 Å². The van der Waals surface area contributed by atoms with Crippen molar-refractivity contribution in [2.45, 2.75) is 44.7 Å². The predicted octanol–water partition coefficient (Wildman–Crippen LogP) is 1.79. The molecule has 5 heteroatoms. The molecule has 0 spiro atoms. The van der Waals surface area contributed by atoms with E-state index >= 15 is 0 Å². The first-order chi connectivity index (χ1) is 10.9. The second-order valence-corrected chi connectivity index (χ2v) is 7.59. The summed E-state index contributed by atoms with van der Waals surface area (Å²) in [7, 11) is 0. The smallest absolute Gasteiger partial charge is 0.286 e. The van der Waals surface area contributed by atoms with Gasteiger partial charge in [0, 0.05) is 17.2 Å². The van der Waals surface area contributed by atoms with Crippen LogP contribution in [0.4, 0.5) is 0 Å². The van der Waals surface area contributed by atoms with Crippen LogP contribution in [-0.2, 0) is 0 Å². The maximum absolute atomic E-state index is 12.4. The number of fused-ring (bicyclic) bond motifs is 2. The van der Waals surface area contributed by atoms with E-state index in [0.29, 0.717) is 23.6 Å². The molecule has 0 aromatic carbocycles. The van der Waals surface area contributed by atoms with Gasteiger partial charge in [-0.15, -0.1) is 0 Å². The van der Waals surface area contributed by atoms with Crippen molar-refractivity contribution in [2.24, 2.45) is 17.6 Å². The monoisotopic (exact) mass is 312 g/mol. The van der Waals surface area contributed by atoms with Crippen LogP contribution in [0.1, 0.15) is 42.4 Å². The lowest BCUT2D eigenvalue weighted by Crippen LogP contribution is -2.66. The number of allylic oxidation sites excluding steroid dienone is 1. The summed E-state index contributed by atoms with van der Waals surface area (Å²) in [5, 5.41) is 1.68. The Morgan fingerprint density at radius 3 is 2.96 bits per heavy atom. The topological polar surface area (TPSA) is 71.2 Å². The molecule has 2 heterocycles. The Hall–Kier alpha value is -1.72. The van der Waals surface area contributed by atoms with Crippen LogP contribution in [0, 0.1) is 18.8 Å². The molecule has 1 aromatic heterocycles. The Labute approximate surface area is 136 Å². The summed E-state index contributed by atoms with van der Waals surface area (Å²) in [6, 6.07) is 5.87. The molecule has 2 fully saturated rings. The molecule has 4 unspecified atom stereocenters. The Kier molecular flexibility index (Phi) is 3.32. The van der Waals surface area contributed by atoms with Crippen LogP contribution in [0.5, 0.6) is 0 Å². The number of nitrogens with zero attached hydrogens (tertiary/aromatic N) is 2. The zero-order chi connectivity index (χ0) is 16.2. The lowest BCUT2D eigenvalue weighted by molar-refractivity contribution is 0.0166. The molecule has 1 aromatic rings. The van der Waals surface area contributed by atoms with E-state index in [0.717, 1.165) is 31.5 Å². The van der Waals surface area contributed by atoms with Gasteiger partial charge in [0.25, 0.3) is 5.91 Å². The van der Waals surface area contributed by atoms with Crippen molar-refractivity contribution in [1.29, 1.82) is 0 Å². The number of aromatic nitrogens is 1. The Morgan fingerprint density at radius 1 is 1.43 bits per heavy atom. The Morgan fingerprint density at radius 2 is 2.22 bits per heavy atom. The quantitative estimate of drug-likeness (QED) is 0.817. The number of amides is 1. The van der Waals surface area contributed by atoms with Gasteiger partial charge in [0.1, 0.15) is 5.69 Å². The van der Waals surface area contributed by atoms with Gasteiger partial charge >= 0.3 is 0 Å². The molecule has 5 nitrogen and oxygen atoms in total. The Bertz CT molecular complexity index is 679. The van der Waals surface area contributed by atoms with Gasteiger partial charge in [0.15, 0.2) is 0 Å². The van der Waals surface area contributed by atoms with Crippen molar-refractivity contribution in [3.05, 3.63) is 41.2 Å². The standard InChI is InChI=1S/C18H24N4O/c1-11-6-13-8-18(19,7-11)9-14(13)16-10-22(21-16)17(23)15-5-3-4-12(2)20-15/h3-6,11,14,16,21H,7-10,19H2,1-2H3. The van der Waals surface area contributed by atoms with Crippen molar-refractivity contribution in [3.8, 4) is 0 Å². The summed E-state index contributed by atoms with van der Waals surface area (Å²) in [5.41, 5.74) is 12.7.